The molecule has 0 spiro atoms. The summed E-state index contributed by atoms with van der Waals surface area (Å²) in [6.07, 6.45) is -4.22. The first-order valence-corrected chi connectivity index (χ1v) is 8.71. The zero-order chi connectivity index (χ0) is 20.1. The summed E-state index contributed by atoms with van der Waals surface area (Å²) >= 11 is 0. The minimum Gasteiger partial charge on any atom is -0.385 e. The van der Waals surface area contributed by atoms with E-state index in [-0.39, 0.29) is 24.1 Å². The number of anilines is 1. The van der Waals surface area contributed by atoms with E-state index in [0.717, 1.165) is 5.56 Å². The second-order valence-electron chi connectivity index (χ2n) is 6.98. The van der Waals surface area contributed by atoms with Crippen LogP contribution in [0.5, 0.6) is 0 Å². The minimum atomic E-state index is -4.67. The van der Waals surface area contributed by atoms with Crippen LogP contribution in [0.15, 0.2) is 30.3 Å². The van der Waals surface area contributed by atoms with Gasteiger partial charge in [-0.15, -0.1) is 15.3 Å². The summed E-state index contributed by atoms with van der Waals surface area (Å²) in [5.74, 6) is -1.35. The van der Waals surface area contributed by atoms with Crippen molar-refractivity contribution < 1.29 is 22.7 Å². The van der Waals surface area contributed by atoms with Crippen LogP contribution in [0.3, 0.4) is 0 Å². The number of hydrogen-bond acceptors (Lipinski definition) is 5. The maximum absolute atomic E-state index is 14.3. The number of piperidine rings is 1. The fourth-order valence-electron chi connectivity index (χ4n) is 3.50. The van der Waals surface area contributed by atoms with E-state index in [0.29, 0.717) is 23.4 Å². The van der Waals surface area contributed by atoms with E-state index in [9.17, 15) is 22.7 Å². The number of hydrogen-bond donors (Lipinski definition) is 1. The number of nitrogens with zero attached hydrogens (tertiary/aromatic N) is 5. The Bertz CT molecular complexity index is 1020. The first kappa shape index (κ1) is 18.6. The highest BCUT2D eigenvalue weighted by atomic mass is 19.4. The van der Waals surface area contributed by atoms with Crippen molar-refractivity contribution in [2.24, 2.45) is 0 Å². The number of rotatable bonds is 2. The molecule has 1 aliphatic heterocycles. The smallest absolute Gasteiger partial charge is 0.385 e. The fraction of sp³-hybridized carbons (Fsp3) is 0.389. The fourth-order valence-corrected chi connectivity index (χ4v) is 3.50. The first-order chi connectivity index (χ1) is 13.2. The summed E-state index contributed by atoms with van der Waals surface area (Å²) in [6.45, 7) is 2.39. The van der Waals surface area contributed by atoms with Crippen molar-refractivity contribution in [1.29, 1.82) is 0 Å². The van der Waals surface area contributed by atoms with E-state index >= 15 is 0 Å². The molecule has 1 fully saturated rings. The average molecular weight is 395 g/mol. The topological polar surface area (TPSA) is 66.5 Å². The van der Waals surface area contributed by atoms with Crippen LogP contribution < -0.4 is 4.90 Å². The third-order valence-corrected chi connectivity index (χ3v) is 5.04. The van der Waals surface area contributed by atoms with Gasteiger partial charge in [0.2, 0.25) is 0 Å². The van der Waals surface area contributed by atoms with Gasteiger partial charge in [0.05, 0.1) is 5.60 Å². The molecule has 0 amide bonds. The zero-order valence-corrected chi connectivity index (χ0v) is 14.9. The minimum absolute atomic E-state index is 0.00804. The molecule has 3 heterocycles. The van der Waals surface area contributed by atoms with Crippen LogP contribution in [0.4, 0.5) is 23.4 Å². The van der Waals surface area contributed by atoms with Crippen LogP contribution in [-0.4, -0.2) is 38.0 Å². The SMILES string of the molecule is Cc1ccc(C2(O)CCN(c3ccc4nnc(C(F)(F)F)n4n3)CC2)c(F)c1. The summed E-state index contributed by atoms with van der Waals surface area (Å²) in [7, 11) is 0. The number of aliphatic hydroxyl groups is 1. The van der Waals surface area contributed by atoms with Crippen molar-refractivity contribution in [1.82, 2.24) is 19.8 Å². The van der Waals surface area contributed by atoms with Gasteiger partial charge >= 0.3 is 6.18 Å². The molecule has 148 valence electrons. The molecule has 28 heavy (non-hydrogen) atoms. The van der Waals surface area contributed by atoms with Crippen LogP contribution in [-0.2, 0) is 11.8 Å². The van der Waals surface area contributed by atoms with E-state index in [1.54, 1.807) is 30.0 Å². The van der Waals surface area contributed by atoms with Crippen molar-refractivity contribution in [3.05, 3.63) is 53.1 Å². The van der Waals surface area contributed by atoms with Gasteiger partial charge < -0.3 is 10.0 Å². The van der Waals surface area contributed by atoms with Gasteiger partial charge in [-0.1, -0.05) is 12.1 Å². The lowest BCUT2D eigenvalue weighted by atomic mass is 9.84. The molecule has 6 nitrogen and oxygen atoms in total. The number of benzene rings is 1. The van der Waals surface area contributed by atoms with E-state index in [1.165, 1.54) is 12.1 Å². The molecule has 0 aliphatic carbocycles. The van der Waals surface area contributed by atoms with Gasteiger partial charge in [-0.3, -0.25) is 0 Å². The molecule has 1 saturated heterocycles. The van der Waals surface area contributed by atoms with Gasteiger partial charge in [-0.05, 0) is 43.5 Å². The van der Waals surface area contributed by atoms with Crippen LogP contribution in [0.2, 0.25) is 0 Å². The lowest BCUT2D eigenvalue weighted by Gasteiger charge is -2.39. The third kappa shape index (κ3) is 3.17. The number of aromatic nitrogens is 4. The normalized spacial score (nSPS) is 17.3. The molecule has 0 radical (unpaired) electrons. The Labute approximate surface area is 157 Å². The van der Waals surface area contributed by atoms with Gasteiger partial charge in [0.25, 0.3) is 5.82 Å². The monoisotopic (exact) mass is 395 g/mol. The van der Waals surface area contributed by atoms with Crippen molar-refractivity contribution in [3.8, 4) is 0 Å². The molecule has 4 rings (SSSR count). The van der Waals surface area contributed by atoms with Crippen molar-refractivity contribution in [2.75, 3.05) is 18.0 Å². The summed E-state index contributed by atoms with van der Waals surface area (Å²) in [5, 5.41) is 21.6. The van der Waals surface area contributed by atoms with E-state index in [4.69, 9.17) is 0 Å². The molecule has 2 aromatic heterocycles. The van der Waals surface area contributed by atoms with Gasteiger partial charge in [0.15, 0.2) is 5.65 Å². The molecule has 0 saturated carbocycles. The number of halogens is 4. The summed E-state index contributed by atoms with van der Waals surface area (Å²) < 4.78 is 54.1. The Morgan fingerprint density at radius 1 is 1.07 bits per heavy atom. The highest BCUT2D eigenvalue weighted by Gasteiger charge is 2.39. The Morgan fingerprint density at radius 2 is 1.79 bits per heavy atom. The summed E-state index contributed by atoms with van der Waals surface area (Å²) in [6, 6.07) is 7.66. The molecule has 0 bridgehead atoms. The second-order valence-corrected chi connectivity index (χ2v) is 6.98. The molecule has 3 aromatic rings. The van der Waals surface area contributed by atoms with Crippen molar-refractivity contribution in [3.63, 3.8) is 0 Å². The predicted molar refractivity (Wildman–Crippen MR) is 92.3 cm³/mol. The number of fused-ring (bicyclic) bond motifs is 1. The van der Waals surface area contributed by atoms with Gasteiger partial charge in [-0.25, -0.2) is 4.39 Å². The molecule has 1 aromatic carbocycles. The predicted octanol–water partition coefficient (Wildman–Crippen LogP) is 3.08. The Hall–Kier alpha value is -2.75. The molecule has 1 N–H and O–H groups in total. The molecule has 0 atom stereocenters. The molecule has 10 heteroatoms. The van der Waals surface area contributed by atoms with Crippen molar-refractivity contribution in [2.45, 2.75) is 31.5 Å². The van der Waals surface area contributed by atoms with E-state index in [2.05, 4.69) is 15.3 Å². The van der Waals surface area contributed by atoms with Gasteiger partial charge in [0.1, 0.15) is 11.6 Å². The van der Waals surface area contributed by atoms with Crippen molar-refractivity contribution >= 4 is 11.5 Å². The zero-order valence-electron chi connectivity index (χ0n) is 14.9. The summed E-state index contributed by atoms with van der Waals surface area (Å²) in [5.41, 5.74) is -0.341. The third-order valence-electron chi connectivity index (χ3n) is 5.04. The van der Waals surface area contributed by atoms with Crippen LogP contribution in [0, 0.1) is 12.7 Å². The van der Waals surface area contributed by atoms with E-state index in [1.807, 2.05) is 0 Å². The highest BCUT2D eigenvalue weighted by Crippen LogP contribution is 2.36. The lowest BCUT2D eigenvalue weighted by Crippen LogP contribution is -2.43. The molecule has 0 unspecified atom stereocenters. The van der Waals surface area contributed by atoms with Crippen LogP contribution >= 0.6 is 0 Å². The second kappa shape index (κ2) is 6.40. The van der Waals surface area contributed by atoms with Crippen LogP contribution in [0.25, 0.3) is 5.65 Å². The van der Waals surface area contributed by atoms with Crippen LogP contribution in [0.1, 0.15) is 29.8 Å². The highest BCUT2D eigenvalue weighted by molar-refractivity contribution is 5.46. The summed E-state index contributed by atoms with van der Waals surface area (Å²) in [4.78, 5) is 1.75. The number of alkyl halides is 3. The average Bonchev–Trinajstić information content (AvgIpc) is 3.05. The Kier molecular flexibility index (Phi) is 4.25. The number of aryl methyl sites for hydroxylation is 1. The molecular weight excluding hydrogens is 378 g/mol. The quantitative estimate of drug-likeness (QED) is 0.676. The Balaban J connectivity index is 1.58. The first-order valence-electron chi connectivity index (χ1n) is 8.71. The lowest BCUT2D eigenvalue weighted by molar-refractivity contribution is -0.146. The van der Waals surface area contributed by atoms with E-state index < -0.39 is 23.4 Å². The largest absolute Gasteiger partial charge is 0.453 e. The molecular formula is C18H17F4N5O. The molecule has 1 aliphatic rings. The Morgan fingerprint density at radius 3 is 2.43 bits per heavy atom. The standard InChI is InChI=1S/C18H17F4N5O/c1-11-2-3-12(13(19)10-11)17(28)6-8-26(9-7-17)15-5-4-14-23-24-16(18(20,21)22)27(14)25-15/h2-5,10,28H,6-9H2,1H3. The van der Waals surface area contributed by atoms with Gasteiger partial charge in [0, 0.05) is 18.7 Å². The maximum Gasteiger partial charge on any atom is 0.453 e. The maximum atomic E-state index is 14.3. The van der Waals surface area contributed by atoms with Gasteiger partial charge in [-0.2, -0.15) is 17.7 Å².